The molecule has 0 heterocycles. The van der Waals surface area contributed by atoms with Crippen LogP contribution < -0.4 is 0 Å². The maximum atomic E-state index is 12.8. The average molecular weight is 661 g/mol. The molecule has 0 spiro atoms. The van der Waals surface area contributed by atoms with Crippen molar-refractivity contribution >= 4 is 17.9 Å². The number of ether oxygens (including phenoxy) is 2. The van der Waals surface area contributed by atoms with E-state index in [9.17, 15) is 45.8 Å². The Balaban J connectivity index is 3.30. The Bertz CT molecular complexity index is 784. The van der Waals surface area contributed by atoms with Crippen LogP contribution in [0.3, 0.4) is 0 Å². The van der Waals surface area contributed by atoms with Crippen LogP contribution in [-0.4, -0.2) is 48.6 Å². The van der Waals surface area contributed by atoms with Gasteiger partial charge in [0.25, 0.3) is 0 Å². The van der Waals surface area contributed by atoms with Crippen molar-refractivity contribution in [3.63, 3.8) is 0 Å². The van der Waals surface area contributed by atoms with E-state index in [0.717, 1.165) is 7.11 Å². The van der Waals surface area contributed by atoms with Crippen LogP contribution in [-0.2, 0) is 51.5 Å². The Labute approximate surface area is 191 Å². The van der Waals surface area contributed by atoms with E-state index in [-0.39, 0.29) is 5.56 Å². The van der Waals surface area contributed by atoms with Gasteiger partial charge in [-0.25, -0.2) is 0 Å². The molecule has 0 amide bonds. The van der Waals surface area contributed by atoms with Crippen molar-refractivity contribution in [2.24, 2.45) is 11.8 Å². The molecule has 0 aliphatic rings. The SMILES string of the molecule is COC(=O)[C@@H](C)[C@H](O)[C@@H]([CH2][Hg][O]C(=O)C(F)(F)F)[C@@H](OC(=O)C(F)(F)F)c1ccccc1. The molecule has 1 rings (SSSR count). The van der Waals surface area contributed by atoms with Gasteiger partial charge in [-0.3, -0.25) is 0 Å². The number of aliphatic hydroxyl groups is 1. The molecule has 7 nitrogen and oxygen atoms in total. The molecule has 0 aliphatic heterocycles. The fourth-order valence-electron chi connectivity index (χ4n) is 2.79. The summed E-state index contributed by atoms with van der Waals surface area (Å²) in [6.45, 7) is 1.18. The van der Waals surface area contributed by atoms with Gasteiger partial charge in [-0.1, -0.05) is 0 Å². The van der Waals surface area contributed by atoms with Crippen LogP contribution >= 0.6 is 0 Å². The number of carbonyl (C=O) groups excluding carboxylic acids is 3. The van der Waals surface area contributed by atoms with Gasteiger partial charge >= 0.3 is 191 Å². The van der Waals surface area contributed by atoms with Gasteiger partial charge in [0.1, 0.15) is 0 Å². The minimum absolute atomic E-state index is 0.0123. The van der Waals surface area contributed by atoms with Gasteiger partial charge in [0, 0.05) is 0 Å². The van der Waals surface area contributed by atoms with Gasteiger partial charge in [-0.05, 0) is 0 Å². The Kier molecular flexibility index (Phi) is 10.4. The molecule has 1 aromatic carbocycles. The summed E-state index contributed by atoms with van der Waals surface area (Å²) >= 11 is -3.30. The number of hydrogen-bond acceptors (Lipinski definition) is 7. The van der Waals surface area contributed by atoms with Crippen LogP contribution in [0.25, 0.3) is 0 Å². The van der Waals surface area contributed by atoms with Crippen molar-refractivity contribution in [2.45, 2.75) is 35.4 Å². The first-order valence-corrected chi connectivity index (χ1v) is 15.2. The normalized spacial score (nSPS) is 15.5. The second kappa shape index (κ2) is 11.8. The van der Waals surface area contributed by atoms with Gasteiger partial charge in [0.15, 0.2) is 0 Å². The number of aliphatic hydroxyl groups excluding tert-OH is 1. The monoisotopic (exact) mass is 662 g/mol. The van der Waals surface area contributed by atoms with Crippen LogP contribution in [0.2, 0.25) is 3.93 Å². The molecule has 14 heteroatoms. The number of alkyl halides is 6. The summed E-state index contributed by atoms with van der Waals surface area (Å²) < 4.78 is 88.5. The van der Waals surface area contributed by atoms with Gasteiger partial charge < -0.3 is 0 Å². The van der Waals surface area contributed by atoms with Gasteiger partial charge in [0.05, 0.1) is 0 Å². The van der Waals surface area contributed by atoms with E-state index < -0.39 is 83.3 Å². The number of esters is 2. The zero-order chi connectivity index (χ0) is 24.7. The summed E-state index contributed by atoms with van der Waals surface area (Å²) in [6, 6.07) is 6.83. The number of rotatable bonds is 9. The number of halogens is 6. The van der Waals surface area contributed by atoms with Crippen LogP contribution in [0.5, 0.6) is 0 Å². The summed E-state index contributed by atoms with van der Waals surface area (Å²) in [7, 11) is 0.990. The maximum absolute atomic E-state index is 12.8. The van der Waals surface area contributed by atoms with E-state index in [1.807, 2.05) is 0 Å². The fraction of sp³-hybridized carbons (Fsp3) is 0.500. The summed E-state index contributed by atoms with van der Waals surface area (Å²) in [5, 5.41) is 10.7. The van der Waals surface area contributed by atoms with Crippen LogP contribution in [0.1, 0.15) is 18.6 Å². The Hall–Kier alpha value is -1.89. The summed E-state index contributed by atoms with van der Waals surface area (Å²) in [5.74, 6) is -8.84. The first kappa shape index (κ1) is 28.1. The molecule has 1 aromatic rings. The molecular weight excluding hydrogens is 643 g/mol. The van der Waals surface area contributed by atoms with Crippen molar-refractivity contribution in [2.75, 3.05) is 7.11 Å². The summed E-state index contributed by atoms with van der Waals surface area (Å²) in [4.78, 5) is 34.3. The third-order valence-electron chi connectivity index (χ3n) is 4.42. The standard InChI is InChI=1S/C16H18F3O5.C2HF3O2.Hg/c1-9(12(20)10(2)14(21)23-3)13(11-7-5-4-6-8-11)24-15(22)16(17,18)19;3-2(4,5)1(6)7;/h4-10,12-13,20H,1H2,2-3H3;(H,6,7);/q;;+1/p-1/t9-,10+,12-,13-;;/m1../s1. The van der Waals surface area contributed by atoms with E-state index in [1.54, 1.807) is 0 Å². The third kappa shape index (κ3) is 8.22. The van der Waals surface area contributed by atoms with Gasteiger partial charge in [-0.15, -0.1) is 0 Å². The molecule has 0 saturated heterocycles. The van der Waals surface area contributed by atoms with Crippen molar-refractivity contribution in [1.82, 2.24) is 0 Å². The van der Waals surface area contributed by atoms with E-state index in [0.29, 0.717) is 0 Å². The molecule has 32 heavy (non-hydrogen) atoms. The van der Waals surface area contributed by atoms with Crippen LogP contribution in [0.4, 0.5) is 26.3 Å². The molecule has 4 atom stereocenters. The molecule has 0 fully saturated rings. The van der Waals surface area contributed by atoms with Crippen molar-refractivity contribution in [1.29, 1.82) is 0 Å². The summed E-state index contributed by atoms with van der Waals surface area (Å²) in [5.41, 5.74) is -0.0123. The Morgan fingerprint density at radius 3 is 2.00 bits per heavy atom. The van der Waals surface area contributed by atoms with E-state index in [4.69, 9.17) is 0 Å². The van der Waals surface area contributed by atoms with Crippen LogP contribution in [0, 0.1) is 11.8 Å². The van der Waals surface area contributed by atoms with E-state index >= 15 is 0 Å². The molecule has 0 aliphatic carbocycles. The molecule has 0 saturated carbocycles. The Morgan fingerprint density at radius 1 is 1.00 bits per heavy atom. The minimum atomic E-state index is -5.40. The number of carbonyl (C=O) groups is 3. The number of benzene rings is 1. The molecule has 176 valence electrons. The quantitative estimate of drug-likeness (QED) is 0.247. The summed E-state index contributed by atoms with van der Waals surface area (Å²) in [6.07, 6.45) is -14.3. The van der Waals surface area contributed by atoms with E-state index in [2.05, 4.69) is 12.1 Å². The van der Waals surface area contributed by atoms with Gasteiger partial charge in [-0.2, -0.15) is 0 Å². The number of methoxy groups -OCH3 is 1. The van der Waals surface area contributed by atoms with Crippen molar-refractivity contribution < 1.29 is 83.0 Å². The molecular formula is C18H18F6HgO7. The first-order chi connectivity index (χ1) is 14.7. The molecule has 0 radical (unpaired) electrons. The molecule has 0 unspecified atom stereocenters. The zero-order valence-electron chi connectivity index (χ0n) is 16.8. The predicted molar refractivity (Wildman–Crippen MR) is 89.0 cm³/mol. The van der Waals surface area contributed by atoms with Crippen molar-refractivity contribution in [3.05, 3.63) is 35.9 Å². The fourth-order valence-corrected chi connectivity index (χ4v) is 8.17. The number of hydrogen-bond donors (Lipinski definition) is 1. The molecule has 0 bridgehead atoms. The second-order valence-electron chi connectivity index (χ2n) is 6.62. The topological polar surface area (TPSA) is 99.1 Å². The first-order valence-electron chi connectivity index (χ1n) is 9.02. The Morgan fingerprint density at radius 2 is 1.53 bits per heavy atom. The second-order valence-corrected chi connectivity index (χ2v) is 11.6. The average Bonchev–Trinajstić information content (AvgIpc) is 2.72. The third-order valence-corrected chi connectivity index (χ3v) is 9.74. The van der Waals surface area contributed by atoms with Gasteiger partial charge in [0.2, 0.25) is 0 Å². The van der Waals surface area contributed by atoms with Crippen molar-refractivity contribution in [3.8, 4) is 0 Å². The zero-order valence-corrected chi connectivity index (χ0v) is 22.3. The molecule has 1 N–H and O–H groups in total. The van der Waals surface area contributed by atoms with Crippen LogP contribution in [0.15, 0.2) is 30.3 Å². The molecule has 0 aromatic heterocycles. The predicted octanol–water partition coefficient (Wildman–Crippen LogP) is 3.14. The van der Waals surface area contributed by atoms with E-state index in [1.165, 1.54) is 37.3 Å².